The number of ether oxygens (including phenoxy) is 4. The molecule has 0 saturated carbocycles. The van der Waals surface area contributed by atoms with Crippen LogP contribution in [-0.4, -0.2) is 140 Å². The van der Waals surface area contributed by atoms with Crippen LogP contribution in [0.4, 0.5) is 0 Å². The fourth-order valence-electron chi connectivity index (χ4n) is 9.94. The van der Waals surface area contributed by atoms with Gasteiger partial charge in [0.1, 0.15) is 48.8 Å². The summed E-state index contributed by atoms with van der Waals surface area (Å²) in [7, 11) is 0. The van der Waals surface area contributed by atoms with Gasteiger partial charge in [-0.2, -0.15) is 0 Å². The van der Waals surface area contributed by atoms with E-state index in [-0.39, 0.29) is 18.9 Å². The van der Waals surface area contributed by atoms with Crippen LogP contribution in [0.5, 0.6) is 0 Å². The van der Waals surface area contributed by atoms with Crippen LogP contribution in [-0.2, 0) is 23.7 Å². The highest BCUT2D eigenvalue weighted by Crippen LogP contribution is 2.30. The number of aliphatic hydroxyl groups is 8. The molecule has 12 unspecified atom stereocenters. The molecular formula is C57H109NO13. The number of aliphatic hydroxyl groups excluding tert-OH is 8. The lowest BCUT2D eigenvalue weighted by Crippen LogP contribution is -2.65. The molecule has 420 valence electrons. The first-order chi connectivity index (χ1) is 34.6. The van der Waals surface area contributed by atoms with Crippen molar-refractivity contribution in [3.05, 3.63) is 12.2 Å². The Hall–Kier alpha value is -1.27. The molecule has 0 aromatic carbocycles. The summed E-state index contributed by atoms with van der Waals surface area (Å²) in [4.78, 5) is 13.2. The molecule has 71 heavy (non-hydrogen) atoms. The Bertz CT molecular complexity index is 1240. The van der Waals surface area contributed by atoms with E-state index in [0.29, 0.717) is 6.42 Å². The molecule has 12 atom stereocenters. The first-order valence-corrected chi connectivity index (χ1v) is 29.4. The van der Waals surface area contributed by atoms with Crippen molar-refractivity contribution in [2.75, 3.05) is 19.8 Å². The Balaban J connectivity index is 1.69. The predicted molar refractivity (Wildman–Crippen MR) is 282 cm³/mol. The van der Waals surface area contributed by atoms with Gasteiger partial charge in [0.2, 0.25) is 5.91 Å². The third-order valence-corrected chi connectivity index (χ3v) is 14.7. The molecule has 0 spiro atoms. The average molecular weight is 1020 g/mol. The van der Waals surface area contributed by atoms with Gasteiger partial charge < -0.3 is 65.1 Å². The maximum absolute atomic E-state index is 13.2. The lowest BCUT2D eigenvalue weighted by Gasteiger charge is -2.46. The Labute approximate surface area is 431 Å². The topological polar surface area (TPSA) is 228 Å². The fraction of sp³-hybridized carbons (Fsp3) is 0.947. The van der Waals surface area contributed by atoms with E-state index in [9.17, 15) is 45.6 Å². The summed E-state index contributed by atoms with van der Waals surface area (Å²) in [6.45, 7) is 2.80. The minimum Gasteiger partial charge on any atom is -0.394 e. The van der Waals surface area contributed by atoms with E-state index in [1.165, 1.54) is 186 Å². The zero-order chi connectivity index (χ0) is 51.7. The summed E-state index contributed by atoms with van der Waals surface area (Å²) in [6, 6.07) is -0.908. The van der Waals surface area contributed by atoms with Crippen LogP contribution in [0.25, 0.3) is 0 Å². The Morgan fingerprint density at radius 2 is 0.873 bits per heavy atom. The summed E-state index contributed by atoms with van der Waals surface area (Å²) in [5, 5.41) is 86.9. The highest BCUT2D eigenvalue weighted by atomic mass is 16.7. The normalized spacial score (nSPS) is 25.8. The van der Waals surface area contributed by atoms with Crippen LogP contribution in [0, 0.1) is 0 Å². The molecule has 2 aliphatic rings. The lowest BCUT2D eigenvalue weighted by atomic mass is 9.97. The first-order valence-electron chi connectivity index (χ1n) is 29.4. The molecule has 0 radical (unpaired) electrons. The van der Waals surface area contributed by atoms with E-state index in [2.05, 4.69) is 19.2 Å². The number of allylic oxidation sites excluding steroid dienone is 1. The second-order valence-electron chi connectivity index (χ2n) is 21.1. The predicted octanol–water partition coefficient (Wildman–Crippen LogP) is 9.50. The van der Waals surface area contributed by atoms with E-state index >= 15 is 0 Å². The van der Waals surface area contributed by atoms with E-state index < -0.39 is 86.8 Å². The van der Waals surface area contributed by atoms with E-state index in [4.69, 9.17) is 18.9 Å². The van der Waals surface area contributed by atoms with E-state index in [0.717, 1.165) is 38.5 Å². The Morgan fingerprint density at radius 3 is 1.30 bits per heavy atom. The summed E-state index contributed by atoms with van der Waals surface area (Å²) < 4.78 is 22.7. The second-order valence-corrected chi connectivity index (χ2v) is 21.1. The van der Waals surface area contributed by atoms with Crippen LogP contribution < -0.4 is 5.32 Å². The number of amides is 1. The van der Waals surface area contributed by atoms with Crippen LogP contribution >= 0.6 is 0 Å². The smallest absolute Gasteiger partial charge is 0.220 e. The van der Waals surface area contributed by atoms with Gasteiger partial charge in [-0.3, -0.25) is 4.79 Å². The number of hydrogen-bond acceptors (Lipinski definition) is 13. The van der Waals surface area contributed by atoms with Gasteiger partial charge in [-0.1, -0.05) is 238 Å². The number of unbranched alkanes of at least 4 members (excludes halogenated alkanes) is 34. The highest BCUT2D eigenvalue weighted by Gasteiger charge is 2.51. The van der Waals surface area contributed by atoms with E-state index in [1.54, 1.807) is 6.08 Å². The standard InChI is InChI=1S/C57H109NO13/c1-3-5-7-9-11-13-15-16-17-18-19-20-21-22-23-24-25-26-27-28-29-31-33-35-37-39-41-49(62)58-45(46(61)40-38-36-34-32-30-14-12-10-8-6-4-2)44-68-56-54(67)52(65)55(48(43-60)70-56)71-57-53(66)51(64)50(63)47(42-59)69-57/h38,40,45-48,50-57,59-61,63-67H,3-37,39,41-44H2,1-2H3,(H,58,62)/b40-38+. The number of rotatable bonds is 47. The van der Waals surface area contributed by atoms with Gasteiger partial charge in [-0.05, 0) is 19.3 Å². The monoisotopic (exact) mass is 1020 g/mol. The Kier molecular flexibility index (Phi) is 40.7. The third kappa shape index (κ3) is 30.2. The zero-order valence-corrected chi connectivity index (χ0v) is 45.0. The van der Waals surface area contributed by atoms with Crippen LogP contribution in [0.2, 0.25) is 0 Å². The van der Waals surface area contributed by atoms with Crippen molar-refractivity contribution in [2.45, 2.75) is 325 Å². The molecule has 0 aromatic rings. The number of hydrogen-bond donors (Lipinski definition) is 9. The second kappa shape index (κ2) is 43.9. The molecule has 2 aliphatic heterocycles. The molecule has 2 rings (SSSR count). The quantitative estimate of drug-likeness (QED) is 0.0205. The average Bonchev–Trinajstić information content (AvgIpc) is 3.37. The van der Waals surface area contributed by atoms with Crippen molar-refractivity contribution in [1.29, 1.82) is 0 Å². The molecule has 14 nitrogen and oxygen atoms in total. The van der Waals surface area contributed by atoms with Gasteiger partial charge >= 0.3 is 0 Å². The van der Waals surface area contributed by atoms with Crippen molar-refractivity contribution in [2.24, 2.45) is 0 Å². The molecule has 0 aromatic heterocycles. The molecule has 0 bridgehead atoms. The van der Waals surface area contributed by atoms with Gasteiger partial charge in [0.15, 0.2) is 12.6 Å². The van der Waals surface area contributed by atoms with Gasteiger partial charge in [-0.25, -0.2) is 0 Å². The first kappa shape index (κ1) is 65.8. The van der Waals surface area contributed by atoms with Crippen LogP contribution in [0.15, 0.2) is 12.2 Å². The van der Waals surface area contributed by atoms with Crippen molar-refractivity contribution in [3.8, 4) is 0 Å². The van der Waals surface area contributed by atoms with Crippen LogP contribution in [0.3, 0.4) is 0 Å². The molecule has 14 heteroatoms. The molecular weight excluding hydrogens is 907 g/mol. The van der Waals surface area contributed by atoms with Gasteiger partial charge in [0.25, 0.3) is 0 Å². The van der Waals surface area contributed by atoms with Crippen molar-refractivity contribution >= 4 is 5.91 Å². The molecule has 9 N–H and O–H groups in total. The van der Waals surface area contributed by atoms with Gasteiger partial charge in [-0.15, -0.1) is 0 Å². The van der Waals surface area contributed by atoms with E-state index in [1.807, 2.05) is 6.08 Å². The minimum atomic E-state index is -1.78. The van der Waals surface area contributed by atoms with Gasteiger partial charge in [0.05, 0.1) is 32.0 Å². The van der Waals surface area contributed by atoms with Crippen molar-refractivity contribution in [3.63, 3.8) is 0 Å². The molecule has 1 amide bonds. The highest BCUT2D eigenvalue weighted by molar-refractivity contribution is 5.76. The third-order valence-electron chi connectivity index (χ3n) is 14.7. The van der Waals surface area contributed by atoms with Crippen molar-refractivity contribution < 1.29 is 64.6 Å². The van der Waals surface area contributed by atoms with Gasteiger partial charge in [0, 0.05) is 6.42 Å². The van der Waals surface area contributed by atoms with Crippen molar-refractivity contribution in [1.82, 2.24) is 5.32 Å². The number of carbonyl (C=O) groups excluding carboxylic acids is 1. The minimum absolute atomic E-state index is 0.235. The number of carbonyl (C=O) groups is 1. The maximum atomic E-state index is 13.2. The summed E-state index contributed by atoms with van der Waals surface area (Å²) in [5.74, 6) is -0.235. The summed E-state index contributed by atoms with van der Waals surface area (Å²) >= 11 is 0. The number of nitrogens with one attached hydrogen (secondary N) is 1. The molecule has 2 fully saturated rings. The fourth-order valence-corrected chi connectivity index (χ4v) is 9.94. The SMILES string of the molecule is CCCCCCCCCCC/C=C/C(O)C(COC1OC(CO)C(OC2OC(CO)C(O)C(O)C2O)C(O)C1O)NC(=O)CCCCCCCCCCCCCCCCCCCCCCCCCCCC. The lowest BCUT2D eigenvalue weighted by molar-refractivity contribution is -0.359. The Morgan fingerprint density at radius 1 is 0.493 bits per heavy atom. The zero-order valence-electron chi connectivity index (χ0n) is 45.0. The summed E-state index contributed by atoms with van der Waals surface area (Å²) in [5.41, 5.74) is 0. The molecule has 0 aliphatic carbocycles. The molecule has 2 heterocycles. The van der Waals surface area contributed by atoms with Crippen LogP contribution in [0.1, 0.15) is 251 Å². The summed E-state index contributed by atoms with van der Waals surface area (Å²) in [6.07, 6.45) is 32.7. The molecule has 2 saturated heterocycles. The largest absolute Gasteiger partial charge is 0.394 e. The maximum Gasteiger partial charge on any atom is 0.220 e.